The van der Waals surface area contributed by atoms with Crippen molar-refractivity contribution in [2.45, 2.75) is 55.4 Å². The van der Waals surface area contributed by atoms with Gasteiger partial charge in [0.25, 0.3) is 5.56 Å². The van der Waals surface area contributed by atoms with Crippen molar-refractivity contribution >= 4 is 20.6 Å². The standard InChI is InChI=1S/C24H27F2N3O3S/c1-29-15-20(18-8-12-27-22(18)23(29)30)19-14-17(33(31)13-3-2-11-28-33)4-5-21(19)32-16-6-9-24(25,26)10-7-16/h4-5,8,12,14-16,27H,2-3,6-7,9-11,13H2,1H3. The third kappa shape index (κ3) is 4.18. The highest BCUT2D eigenvalue weighted by atomic mass is 32.2. The van der Waals surface area contributed by atoms with Gasteiger partial charge in [-0.2, -0.15) is 0 Å². The molecule has 2 aliphatic rings. The molecule has 1 aromatic carbocycles. The van der Waals surface area contributed by atoms with Gasteiger partial charge in [-0.3, -0.25) is 4.79 Å². The maximum absolute atomic E-state index is 13.6. The first-order valence-electron chi connectivity index (χ1n) is 11.3. The first-order chi connectivity index (χ1) is 15.8. The number of rotatable bonds is 4. The molecule has 176 valence electrons. The number of benzene rings is 1. The normalized spacial score (nSPS) is 23.4. The van der Waals surface area contributed by atoms with Crippen LogP contribution in [-0.2, 0) is 16.8 Å². The number of aryl methyl sites for hydroxylation is 1. The van der Waals surface area contributed by atoms with Crippen molar-refractivity contribution in [2.24, 2.45) is 11.4 Å². The van der Waals surface area contributed by atoms with Gasteiger partial charge in [-0.15, -0.1) is 0 Å². The molecule has 3 aromatic rings. The van der Waals surface area contributed by atoms with Crippen LogP contribution in [0.15, 0.2) is 50.7 Å². The van der Waals surface area contributed by atoms with Gasteiger partial charge in [0.05, 0.1) is 15.8 Å². The fraction of sp³-hybridized carbons (Fsp3) is 0.458. The summed E-state index contributed by atoms with van der Waals surface area (Å²) in [6.07, 6.45) is 5.07. The molecular weight excluding hydrogens is 448 g/mol. The molecule has 0 bridgehead atoms. The Balaban J connectivity index is 1.64. The average molecular weight is 476 g/mol. The number of aromatic nitrogens is 2. The van der Waals surface area contributed by atoms with Gasteiger partial charge >= 0.3 is 0 Å². The van der Waals surface area contributed by atoms with Crippen molar-refractivity contribution in [3.8, 4) is 16.9 Å². The number of hydrogen-bond acceptors (Lipinski definition) is 4. The van der Waals surface area contributed by atoms with Crippen molar-refractivity contribution in [1.82, 2.24) is 9.55 Å². The number of nitrogens with zero attached hydrogens (tertiary/aromatic N) is 2. The zero-order valence-corrected chi connectivity index (χ0v) is 19.3. The largest absolute Gasteiger partial charge is 0.490 e. The van der Waals surface area contributed by atoms with E-state index in [1.54, 1.807) is 31.6 Å². The summed E-state index contributed by atoms with van der Waals surface area (Å²) in [5, 5.41) is 0.728. The molecule has 33 heavy (non-hydrogen) atoms. The summed E-state index contributed by atoms with van der Waals surface area (Å²) >= 11 is 0. The summed E-state index contributed by atoms with van der Waals surface area (Å²) in [6.45, 7) is 0.574. The van der Waals surface area contributed by atoms with Gasteiger partial charge in [0.15, 0.2) is 0 Å². The van der Waals surface area contributed by atoms with Gasteiger partial charge in [-0.1, -0.05) is 0 Å². The minimum Gasteiger partial charge on any atom is -0.490 e. The SMILES string of the molecule is Cn1cc(-c2cc(S3(=O)=NCCCC3)ccc2OC2CCC(F)(F)CC2)c2cc[nH]c2c1=O. The predicted molar refractivity (Wildman–Crippen MR) is 125 cm³/mol. The molecule has 0 spiro atoms. The zero-order valence-electron chi connectivity index (χ0n) is 18.5. The van der Waals surface area contributed by atoms with Crippen molar-refractivity contribution in [3.05, 3.63) is 47.0 Å². The van der Waals surface area contributed by atoms with E-state index in [1.165, 1.54) is 4.57 Å². The zero-order chi connectivity index (χ0) is 23.2. The molecule has 1 unspecified atom stereocenters. The van der Waals surface area contributed by atoms with Crippen LogP contribution in [-0.4, -0.2) is 38.1 Å². The lowest BCUT2D eigenvalue weighted by molar-refractivity contribution is -0.0581. The van der Waals surface area contributed by atoms with E-state index in [2.05, 4.69) is 9.35 Å². The number of ether oxygens (including phenoxy) is 1. The van der Waals surface area contributed by atoms with E-state index in [4.69, 9.17) is 4.74 Å². The lowest BCUT2D eigenvalue weighted by Gasteiger charge is -2.29. The van der Waals surface area contributed by atoms with Gasteiger partial charge in [-0.05, 0) is 49.9 Å². The molecule has 0 radical (unpaired) electrons. The molecule has 1 fully saturated rings. The van der Waals surface area contributed by atoms with E-state index in [0.717, 1.165) is 23.8 Å². The highest BCUT2D eigenvalue weighted by molar-refractivity contribution is 7.93. The second-order valence-electron chi connectivity index (χ2n) is 8.96. The first kappa shape index (κ1) is 22.1. The Hall–Kier alpha value is -2.68. The molecule has 5 rings (SSSR count). The monoisotopic (exact) mass is 475 g/mol. The molecule has 1 aliphatic heterocycles. The second kappa shape index (κ2) is 8.27. The van der Waals surface area contributed by atoms with Crippen LogP contribution >= 0.6 is 0 Å². The highest BCUT2D eigenvalue weighted by Gasteiger charge is 2.36. The summed E-state index contributed by atoms with van der Waals surface area (Å²) in [6, 6.07) is 7.23. The Morgan fingerprint density at radius 1 is 1.18 bits per heavy atom. The molecule has 1 saturated carbocycles. The Labute approximate surface area is 191 Å². The van der Waals surface area contributed by atoms with Crippen molar-refractivity contribution < 1.29 is 17.7 Å². The minimum atomic E-state index is -2.64. The molecule has 0 amide bonds. The Morgan fingerprint density at radius 3 is 2.70 bits per heavy atom. The summed E-state index contributed by atoms with van der Waals surface area (Å²) < 4.78 is 53.0. The summed E-state index contributed by atoms with van der Waals surface area (Å²) in [4.78, 5) is 16.2. The van der Waals surface area contributed by atoms with Gasteiger partial charge < -0.3 is 14.3 Å². The summed E-state index contributed by atoms with van der Waals surface area (Å²) in [5.41, 5.74) is 1.76. The van der Waals surface area contributed by atoms with Gasteiger partial charge in [-0.25, -0.2) is 17.4 Å². The number of pyridine rings is 1. The fourth-order valence-electron chi connectivity index (χ4n) is 4.69. The van der Waals surface area contributed by atoms with Crippen LogP contribution in [0.5, 0.6) is 5.75 Å². The Morgan fingerprint density at radius 2 is 1.97 bits per heavy atom. The number of fused-ring (bicyclic) bond motifs is 1. The predicted octanol–water partition coefficient (Wildman–Crippen LogP) is 5.11. The number of nitrogens with one attached hydrogen (secondary N) is 1. The van der Waals surface area contributed by atoms with Gasteiger partial charge in [0.2, 0.25) is 5.92 Å². The lowest BCUT2D eigenvalue weighted by Crippen LogP contribution is -2.30. The van der Waals surface area contributed by atoms with Crippen molar-refractivity contribution in [3.63, 3.8) is 0 Å². The fourth-order valence-corrected chi connectivity index (χ4v) is 6.81. The van der Waals surface area contributed by atoms with E-state index in [9.17, 15) is 17.8 Å². The number of aromatic amines is 1. The third-order valence-corrected chi connectivity index (χ3v) is 9.02. The Bertz CT molecular complexity index is 1380. The molecule has 1 aliphatic carbocycles. The summed E-state index contributed by atoms with van der Waals surface area (Å²) in [7, 11) is -0.852. The van der Waals surface area contributed by atoms with Crippen molar-refractivity contribution in [2.75, 3.05) is 12.3 Å². The molecule has 0 saturated heterocycles. The topological polar surface area (TPSA) is 76.5 Å². The summed E-state index contributed by atoms with van der Waals surface area (Å²) in [5.74, 6) is -1.59. The van der Waals surface area contributed by atoms with E-state index < -0.39 is 15.7 Å². The lowest BCUT2D eigenvalue weighted by atomic mass is 9.94. The number of H-pyrrole nitrogens is 1. The molecule has 2 aromatic heterocycles. The quantitative estimate of drug-likeness (QED) is 0.570. The highest BCUT2D eigenvalue weighted by Crippen LogP contribution is 2.40. The molecule has 3 heterocycles. The van der Waals surface area contributed by atoms with Crippen LogP contribution < -0.4 is 10.3 Å². The van der Waals surface area contributed by atoms with Gasteiger partial charge in [0.1, 0.15) is 11.3 Å². The van der Waals surface area contributed by atoms with Crippen LogP contribution in [0.25, 0.3) is 22.0 Å². The van der Waals surface area contributed by atoms with Gasteiger partial charge in [0, 0.05) is 66.0 Å². The maximum Gasteiger partial charge on any atom is 0.274 e. The van der Waals surface area contributed by atoms with Crippen molar-refractivity contribution in [1.29, 1.82) is 0 Å². The average Bonchev–Trinajstić information content (AvgIpc) is 3.29. The molecule has 6 nitrogen and oxygen atoms in total. The van der Waals surface area contributed by atoms with Crippen LogP contribution in [0, 0.1) is 0 Å². The van der Waals surface area contributed by atoms with Crippen LogP contribution in [0.3, 0.4) is 0 Å². The smallest absolute Gasteiger partial charge is 0.274 e. The second-order valence-corrected chi connectivity index (χ2v) is 11.4. The molecule has 9 heteroatoms. The molecule has 1 N–H and O–H groups in total. The van der Waals surface area contributed by atoms with Crippen LogP contribution in [0.4, 0.5) is 8.78 Å². The van der Waals surface area contributed by atoms with E-state index >= 15 is 0 Å². The van der Waals surface area contributed by atoms with E-state index in [-0.39, 0.29) is 37.3 Å². The third-order valence-electron chi connectivity index (χ3n) is 6.59. The number of alkyl halides is 2. The molecular formula is C24H27F2N3O3S. The first-order valence-corrected chi connectivity index (χ1v) is 13.0. The van der Waals surface area contributed by atoms with Crippen LogP contribution in [0.1, 0.15) is 38.5 Å². The molecule has 1 atom stereocenters. The minimum absolute atomic E-state index is 0.153. The van der Waals surface area contributed by atoms with E-state index in [1.807, 2.05) is 12.1 Å². The Kier molecular flexibility index (Phi) is 5.55. The maximum atomic E-state index is 13.6. The number of hydrogen-bond donors (Lipinski definition) is 1. The van der Waals surface area contributed by atoms with Crippen LogP contribution in [0.2, 0.25) is 0 Å². The number of halogens is 2. The van der Waals surface area contributed by atoms with E-state index in [0.29, 0.717) is 34.0 Å².